The molecule has 430 valence electrons. The van der Waals surface area contributed by atoms with Gasteiger partial charge in [0, 0.05) is 32.5 Å². The number of ether oxygens (including phenoxy) is 8. The van der Waals surface area contributed by atoms with E-state index in [0.29, 0.717) is 70.9 Å². The van der Waals surface area contributed by atoms with Gasteiger partial charge in [-0.2, -0.15) is 0 Å². The van der Waals surface area contributed by atoms with Gasteiger partial charge in [0.2, 0.25) is 0 Å². The number of alkyl halides is 2. The number of aldehydes is 5. The molecule has 5 aliphatic heterocycles. The fourth-order valence-corrected chi connectivity index (χ4v) is 6.76. The molecule has 0 aliphatic carbocycles. The monoisotopic (exact) mass is 1080 g/mol. The molecule has 5 fully saturated rings. The molecule has 0 saturated carbocycles. The standard InChI is InChI=1S/2C10H16FNO3.3C10H17NO4/c2*1-10(2,3)15-9(14)12-5-7(11)4-8(12)6-13;2*1-10(2,3)15-9(13)11-4-5-14-7-8(11)6-12;1-10(2,3)15-9(13)11-4-5-14-8(6-11)7-12/h2*6-8H,4-5H2,1-3H3;2*6,8H,4-5,7H2,1-3H3;7-8H,4-6H2,1-3H3/t7-,8+;7-,8-;8-;;/m100../s1. The number of carbonyl (C=O) groups excluding carboxylic acids is 10. The van der Waals surface area contributed by atoms with Crippen LogP contribution >= 0.6 is 0 Å². The molecular weight excluding hydrogens is 997 g/mol. The lowest BCUT2D eigenvalue weighted by Gasteiger charge is -2.33. The second-order valence-corrected chi connectivity index (χ2v) is 22.7. The molecule has 0 bridgehead atoms. The molecule has 75 heavy (non-hydrogen) atoms. The lowest BCUT2D eigenvalue weighted by molar-refractivity contribution is -0.123. The second-order valence-electron chi connectivity index (χ2n) is 22.7. The first-order valence-corrected chi connectivity index (χ1v) is 24.7. The van der Waals surface area contributed by atoms with Crippen molar-refractivity contribution in [3.8, 4) is 0 Å². The minimum Gasteiger partial charge on any atom is -0.444 e. The Morgan fingerprint density at radius 3 is 1.01 bits per heavy atom. The van der Waals surface area contributed by atoms with E-state index in [0.717, 1.165) is 9.80 Å². The van der Waals surface area contributed by atoms with Crippen molar-refractivity contribution < 1.29 is 94.6 Å². The third kappa shape index (κ3) is 27.2. The SMILES string of the molecule is CC(C)(C)OC(=O)N1CCOC(C=O)C1.CC(C)(C)OC(=O)N1CCOCC1C=O.CC(C)(C)OC(=O)N1CCOC[C@@H]1C=O.CC(C)(C)OC(=O)N1C[C@@H](F)C[C@H]1C=O.CC(C)(C)OC(=O)N1C[C@H](F)C[C@H]1C=O. The number of amides is 5. The van der Waals surface area contributed by atoms with Crippen LogP contribution in [-0.2, 0) is 61.9 Å². The summed E-state index contributed by atoms with van der Waals surface area (Å²) < 4.78 is 67.0. The Balaban J connectivity index is 0.000000469. The average Bonchev–Trinajstić information content (AvgIpc) is 3.88. The van der Waals surface area contributed by atoms with Gasteiger partial charge in [-0.25, -0.2) is 32.8 Å². The van der Waals surface area contributed by atoms with Gasteiger partial charge in [-0.15, -0.1) is 0 Å². The summed E-state index contributed by atoms with van der Waals surface area (Å²) in [6.07, 6.45) is -1.89. The van der Waals surface area contributed by atoms with Crippen LogP contribution in [0.3, 0.4) is 0 Å². The summed E-state index contributed by atoms with van der Waals surface area (Å²) in [5.41, 5.74) is -2.84. The van der Waals surface area contributed by atoms with E-state index in [2.05, 4.69) is 0 Å². The van der Waals surface area contributed by atoms with Crippen LogP contribution in [0.15, 0.2) is 0 Å². The molecule has 0 spiro atoms. The molecule has 5 heterocycles. The van der Waals surface area contributed by atoms with Crippen LogP contribution in [0.1, 0.15) is 117 Å². The number of hydrogen-bond donors (Lipinski definition) is 0. The van der Waals surface area contributed by atoms with Crippen LogP contribution in [-0.4, -0.2) is 229 Å². The molecule has 0 N–H and O–H groups in total. The number of rotatable bonds is 5. The lowest BCUT2D eigenvalue weighted by atomic mass is 10.2. The maximum Gasteiger partial charge on any atom is 0.411 e. The number of nitrogens with zero attached hydrogens (tertiary/aromatic N) is 5. The van der Waals surface area contributed by atoms with E-state index in [1.54, 1.807) is 83.1 Å². The molecule has 23 nitrogen and oxygen atoms in total. The zero-order chi connectivity index (χ0) is 57.7. The summed E-state index contributed by atoms with van der Waals surface area (Å²) >= 11 is 0. The minimum atomic E-state index is -1.13. The van der Waals surface area contributed by atoms with Crippen molar-refractivity contribution in [1.82, 2.24) is 24.5 Å². The molecule has 0 aromatic carbocycles. The van der Waals surface area contributed by atoms with Crippen molar-refractivity contribution in [1.29, 1.82) is 0 Å². The summed E-state index contributed by atoms with van der Waals surface area (Å²) in [5.74, 6) is 0. The van der Waals surface area contributed by atoms with Gasteiger partial charge < -0.3 is 66.8 Å². The highest BCUT2D eigenvalue weighted by Crippen LogP contribution is 2.24. The van der Waals surface area contributed by atoms with Gasteiger partial charge in [-0.05, 0) is 104 Å². The van der Waals surface area contributed by atoms with E-state index in [9.17, 15) is 56.7 Å². The lowest BCUT2D eigenvalue weighted by Crippen LogP contribution is -2.51. The van der Waals surface area contributed by atoms with Crippen LogP contribution in [0.5, 0.6) is 0 Å². The van der Waals surface area contributed by atoms with Crippen LogP contribution in [0.4, 0.5) is 32.8 Å². The normalized spacial score (nSPS) is 24.0. The number of morpholine rings is 3. The molecule has 5 rings (SSSR count). The highest BCUT2D eigenvalue weighted by Gasteiger charge is 2.39. The number of carbonyl (C=O) groups is 10. The molecule has 5 saturated heterocycles. The van der Waals surface area contributed by atoms with Crippen LogP contribution in [0.2, 0.25) is 0 Å². The Hall–Kier alpha value is -5.56. The Labute approximate surface area is 439 Å². The topological polar surface area (TPSA) is 261 Å². The van der Waals surface area contributed by atoms with Crippen LogP contribution < -0.4 is 0 Å². The van der Waals surface area contributed by atoms with Gasteiger partial charge in [0.1, 0.15) is 83.7 Å². The predicted molar refractivity (Wildman–Crippen MR) is 265 cm³/mol. The molecular formula is C50H83F2N5O18. The van der Waals surface area contributed by atoms with Gasteiger partial charge in [-0.3, -0.25) is 19.6 Å². The quantitative estimate of drug-likeness (QED) is 0.242. The molecule has 0 aromatic rings. The van der Waals surface area contributed by atoms with Crippen molar-refractivity contribution in [3.05, 3.63) is 0 Å². The molecule has 2 unspecified atom stereocenters. The maximum absolute atomic E-state index is 13.0. The third-order valence-corrected chi connectivity index (χ3v) is 9.95. The molecule has 25 heteroatoms. The summed E-state index contributed by atoms with van der Waals surface area (Å²) in [4.78, 5) is 118. The minimum absolute atomic E-state index is 0.0572. The van der Waals surface area contributed by atoms with E-state index in [4.69, 9.17) is 37.9 Å². The van der Waals surface area contributed by atoms with Crippen LogP contribution in [0, 0.1) is 0 Å². The number of likely N-dealkylation sites (tertiary alicyclic amines) is 2. The highest BCUT2D eigenvalue weighted by molar-refractivity contribution is 5.76. The van der Waals surface area contributed by atoms with Gasteiger partial charge in [0.25, 0.3) is 0 Å². The number of halogens is 2. The maximum atomic E-state index is 13.0. The predicted octanol–water partition coefficient (Wildman–Crippen LogP) is 5.53. The summed E-state index contributed by atoms with van der Waals surface area (Å²) in [7, 11) is 0. The first-order chi connectivity index (χ1) is 34.5. The van der Waals surface area contributed by atoms with Crippen molar-refractivity contribution in [3.63, 3.8) is 0 Å². The Kier molecular flexibility index (Phi) is 27.2. The first-order valence-electron chi connectivity index (χ1n) is 24.7. The van der Waals surface area contributed by atoms with Crippen molar-refractivity contribution in [2.45, 2.75) is 187 Å². The fraction of sp³-hybridized carbons (Fsp3) is 0.800. The van der Waals surface area contributed by atoms with E-state index in [1.807, 2.05) is 20.8 Å². The average molecular weight is 1080 g/mol. The van der Waals surface area contributed by atoms with Gasteiger partial charge in [-0.1, -0.05) is 0 Å². The summed E-state index contributed by atoms with van der Waals surface area (Å²) in [5, 5.41) is 0. The molecule has 5 amide bonds. The van der Waals surface area contributed by atoms with E-state index in [1.165, 1.54) is 14.7 Å². The fourth-order valence-electron chi connectivity index (χ4n) is 6.76. The van der Waals surface area contributed by atoms with E-state index < -0.39 is 101 Å². The Bertz CT molecular complexity index is 1700. The van der Waals surface area contributed by atoms with E-state index >= 15 is 0 Å². The number of hydrogen-bond acceptors (Lipinski definition) is 18. The smallest absolute Gasteiger partial charge is 0.411 e. The van der Waals surface area contributed by atoms with Gasteiger partial charge in [0.15, 0.2) is 6.29 Å². The Morgan fingerprint density at radius 1 is 0.413 bits per heavy atom. The van der Waals surface area contributed by atoms with Crippen molar-refractivity contribution in [2.75, 3.05) is 72.3 Å². The summed E-state index contributed by atoms with van der Waals surface area (Å²) in [6, 6.07) is -2.41. The largest absolute Gasteiger partial charge is 0.444 e. The molecule has 7 atom stereocenters. The zero-order valence-corrected chi connectivity index (χ0v) is 46.5. The second kappa shape index (κ2) is 30.3. The third-order valence-electron chi connectivity index (χ3n) is 9.95. The first kappa shape index (κ1) is 67.5. The van der Waals surface area contributed by atoms with Crippen LogP contribution in [0.25, 0.3) is 0 Å². The van der Waals surface area contributed by atoms with Gasteiger partial charge in [0.05, 0.1) is 64.8 Å². The zero-order valence-electron chi connectivity index (χ0n) is 46.5. The van der Waals surface area contributed by atoms with Crippen molar-refractivity contribution in [2.24, 2.45) is 0 Å². The molecule has 5 aliphatic rings. The molecule has 0 radical (unpaired) electrons. The van der Waals surface area contributed by atoms with Gasteiger partial charge >= 0.3 is 30.5 Å². The molecule has 0 aromatic heterocycles. The van der Waals surface area contributed by atoms with Crippen molar-refractivity contribution >= 4 is 61.9 Å². The Morgan fingerprint density at radius 2 is 0.720 bits per heavy atom. The highest BCUT2D eigenvalue weighted by atomic mass is 19.1. The van der Waals surface area contributed by atoms with E-state index in [-0.39, 0.29) is 45.7 Å². The summed E-state index contributed by atoms with van der Waals surface area (Å²) in [6.45, 7) is 29.8.